The van der Waals surface area contributed by atoms with Gasteiger partial charge in [0.2, 0.25) is 0 Å². The lowest BCUT2D eigenvalue weighted by molar-refractivity contribution is 0.516. The highest BCUT2D eigenvalue weighted by Gasteiger charge is 2.15. The van der Waals surface area contributed by atoms with Crippen molar-refractivity contribution in [1.82, 2.24) is 4.98 Å². The van der Waals surface area contributed by atoms with E-state index < -0.39 is 0 Å². The molecule has 0 radical (unpaired) electrons. The van der Waals surface area contributed by atoms with Crippen molar-refractivity contribution in [3.63, 3.8) is 0 Å². The van der Waals surface area contributed by atoms with Crippen LogP contribution in [0.1, 0.15) is 32.3 Å². The lowest BCUT2D eigenvalue weighted by Gasteiger charge is -2.20. The Labute approximate surface area is 97.7 Å². The summed E-state index contributed by atoms with van der Waals surface area (Å²) in [6.07, 6.45) is 5.42. The molecule has 0 spiro atoms. The number of pyridine rings is 1. The molecule has 0 atom stereocenters. The largest absolute Gasteiger partial charge is 0.357 e. The number of nitrogens with zero attached hydrogens (tertiary/aromatic N) is 2. The number of rotatable bonds is 3. The van der Waals surface area contributed by atoms with E-state index >= 15 is 0 Å². The Bertz CT molecular complexity index is 331. The molecule has 88 valence electrons. The summed E-state index contributed by atoms with van der Waals surface area (Å²) >= 11 is 0. The molecule has 0 aromatic carbocycles. The van der Waals surface area contributed by atoms with E-state index in [1.807, 2.05) is 20.0 Å². The van der Waals surface area contributed by atoms with Crippen LogP contribution in [0.4, 0.5) is 5.82 Å². The first-order chi connectivity index (χ1) is 7.54. The summed E-state index contributed by atoms with van der Waals surface area (Å²) in [5.74, 6) is 1.11. The van der Waals surface area contributed by atoms with E-state index in [2.05, 4.69) is 22.0 Å². The van der Waals surface area contributed by atoms with E-state index in [4.69, 9.17) is 5.73 Å². The zero-order valence-corrected chi connectivity index (χ0v) is 10.2. The molecule has 1 fully saturated rings. The highest BCUT2D eigenvalue weighted by Crippen LogP contribution is 2.18. The first-order valence-corrected chi connectivity index (χ1v) is 6.03. The third-order valence-corrected chi connectivity index (χ3v) is 2.90. The number of aromatic nitrogens is 1. The molecule has 1 saturated heterocycles. The SMILES string of the molecule is CC(C)(N)Cc1ccc(N2CCCC2)nc1. The van der Waals surface area contributed by atoms with Gasteiger partial charge in [0, 0.05) is 24.8 Å². The molecule has 1 aromatic heterocycles. The van der Waals surface area contributed by atoms with Crippen molar-refractivity contribution in [3.05, 3.63) is 23.9 Å². The molecular weight excluding hydrogens is 198 g/mol. The van der Waals surface area contributed by atoms with E-state index in [0.717, 1.165) is 25.3 Å². The lowest BCUT2D eigenvalue weighted by Crippen LogP contribution is -2.34. The number of hydrogen-bond acceptors (Lipinski definition) is 3. The van der Waals surface area contributed by atoms with Gasteiger partial charge in [0.25, 0.3) is 0 Å². The summed E-state index contributed by atoms with van der Waals surface area (Å²) in [7, 11) is 0. The van der Waals surface area contributed by atoms with Crippen LogP contribution in [-0.2, 0) is 6.42 Å². The first kappa shape index (κ1) is 11.4. The van der Waals surface area contributed by atoms with Crippen molar-refractivity contribution < 1.29 is 0 Å². The molecule has 0 saturated carbocycles. The summed E-state index contributed by atoms with van der Waals surface area (Å²) < 4.78 is 0. The smallest absolute Gasteiger partial charge is 0.128 e. The van der Waals surface area contributed by atoms with Crippen molar-refractivity contribution in [2.24, 2.45) is 5.73 Å². The number of nitrogens with two attached hydrogens (primary N) is 1. The Balaban J connectivity index is 2.04. The van der Waals surface area contributed by atoms with Crippen LogP contribution < -0.4 is 10.6 Å². The van der Waals surface area contributed by atoms with Crippen molar-refractivity contribution in [1.29, 1.82) is 0 Å². The summed E-state index contributed by atoms with van der Waals surface area (Å²) in [6, 6.07) is 4.27. The summed E-state index contributed by atoms with van der Waals surface area (Å²) in [5, 5.41) is 0. The van der Waals surface area contributed by atoms with Crippen LogP contribution in [0.15, 0.2) is 18.3 Å². The molecule has 16 heavy (non-hydrogen) atoms. The topological polar surface area (TPSA) is 42.1 Å². The molecule has 0 bridgehead atoms. The van der Waals surface area contributed by atoms with Crippen LogP contribution in [0.25, 0.3) is 0 Å². The zero-order chi connectivity index (χ0) is 11.6. The number of anilines is 1. The van der Waals surface area contributed by atoms with Gasteiger partial charge in [-0.3, -0.25) is 0 Å². The Morgan fingerprint density at radius 2 is 2.00 bits per heavy atom. The second kappa shape index (κ2) is 4.42. The van der Waals surface area contributed by atoms with Crippen molar-refractivity contribution >= 4 is 5.82 Å². The molecule has 1 aliphatic heterocycles. The first-order valence-electron chi connectivity index (χ1n) is 6.03. The number of hydrogen-bond donors (Lipinski definition) is 1. The molecule has 3 nitrogen and oxygen atoms in total. The maximum absolute atomic E-state index is 5.99. The van der Waals surface area contributed by atoms with E-state index in [1.165, 1.54) is 18.4 Å². The van der Waals surface area contributed by atoms with Gasteiger partial charge in [-0.1, -0.05) is 6.07 Å². The Morgan fingerprint density at radius 3 is 2.50 bits per heavy atom. The second-order valence-corrected chi connectivity index (χ2v) is 5.38. The molecule has 1 aliphatic rings. The fourth-order valence-electron chi connectivity index (χ4n) is 2.18. The molecule has 2 N–H and O–H groups in total. The highest BCUT2D eigenvalue weighted by atomic mass is 15.2. The minimum atomic E-state index is -0.156. The average Bonchev–Trinajstić information content (AvgIpc) is 2.69. The molecule has 2 heterocycles. The van der Waals surface area contributed by atoms with Crippen LogP contribution in [0.2, 0.25) is 0 Å². The molecule has 1 aromatic rings. The average molecular weight is 219 g/mol. The van der Waals surface area contributed by atoms with Crippen LogP contribution in [0, 0.1) is 0 Å². The predicted octanol–water partition coefficient (Wildman–Crippen LogP) is 1.96. The van der Waals surface area contributed by atoms with Crippen LogP contribution >= 0.6 is 0 Å². The van der Waals surface area contributed by atoms with E-state index in [-0.39, 0.29) is 5.54 Å². The fourth-order valence-corrected chi connectivity index (χ4v) is 2.18. The molecule has 3 heteroatoms. The maximum Gasteiger partial charge on any atom is 0.128 e. The molecule has 2 rings (SSSR count). The predicted molar refractivity (Wildman–Crippen MR) is 67.7 cm³/mol. The third-order valence-electron chi connectivity index (χ3n) is 2.90. The highest BCUT2D eigenvalue weighted by molar-refractivity contribution is 5.40. The van der Waals surface area contributed by atoms with Gasteiger partial charge in [-0.15, -0.1) is 0 Å². The standard InChI is InChI=1S/C13H21N3/c1-13(2,14)9-11-5-6-12(15-10-11)16-7-3-4-8-16/h5-6,10H,3-4,7-9,14H2,1-2H3. The quantitative estimate of drug-likeness (QED) is 0.845. The summed E-state index contributed by atoms with van der Waals surface area (Å²) in [6.45, 7) is 6.38. The van der Waals surface area contributed by atoms with Crippen LogP contribution in [0.5, 0.6) is 0 Å². The van der Waals surface area contributed by atoms with Gasteiger partial charge >= 0.3 is 0 Å². The van der Waals surface area contributed by atoms with Gasteiger partial charge in [-0.2, -0.15) is 0 Å². The summed E-state index contributed by atoms with van der Waals surface area (Å²) in [5.41, 5.74) is 7.05. The normalized spacial score (nSPS) is 16.8. The Kier molecular flexibility index (Phi) is 3.15. The molecule has 0 aliphatic carbocycles. The molecular formula is C13H21N3. The van der Waals surface area contributed by atoms with Gasteiger partial charge in [0.05, 0.1) is 0 Å². The molecule has 0 unspecified atom stereocenters. The molecule has 0 amide bonds. The zero-order valence-electron chi connectivity index (χ0n) is 10.2. The van der Waals surface area contributed by atoms with Crippen molar-refractivity contribution in [2.75, 3.05) is 18.0 Å². The van der Waals surface area contributed by atoms with Gasteiger partial charge < -0.3 is 10.6 Å². The van der Waals surface area contributed by atoms with E-state index in [9.17, 15) is 0 Å². The second-order valence-electron chi connectivity index (χ2n) is 5.38. The van der Waals surface area contributed by atoms with Crippen LogP contribution in [-0.4, -0.2) is 23.6 Å². The van der Waals surface area contributed by atoms with Crippen molar-refractivity contribution in [3.8, 4) is 0 Å². The van der Waals surface area contributed by atoms with E-state index in [1.54, 1.807) is 0 Å². The Hall–Kier alpha value is -1.09. The van der Waals surface area contributed by atoms with Crippen molar-refractivity contribution in [2.45, 2.75) is 38.6 Å². The van der Waals surface area contributed by atoms with E-state index in [0.29, 0.717) is 0 Å². The minimum Gasteiger partial charge on any atom is -0.357 e. The van der Waals surface area contributed by atoms with Gasteiger partial charge in [-0.05, 0) is 44.7 Å². The lowest BCUT2D eigenvalue weighted by atomic mass is 9.97. The monoisotopic (exact) mass is 219 g/mol. The van der Waals surface area contributed by atoms with Crippen LogP contribution in [0.3, 0.4) is 0 Å². The minimum absolute atomic E-state index is 0.156. The Morgan fingerprint density at radius 1 is 1.31 bits per heavy atom. The van der Waals surface area contributed by atoms with Gasteiger partial charge in [0.1, 0.15) is 5.82 Å². The maximum atomic E-state index is 5.99. The fraction of sp³-hybridized carbons (Fsp3) is 0.615. The van der Waals surface area contributed by atoms with Gasteiger partial charge in [-0.25, -0.2) is 4.98 Å². The summed E-state index contributed by atoms with van der Waals surface area (Å²) in [4.78, 5) is 6.86. The third kappa shape index (κ3) is 2.95. The van der Waals surface area contributed by atoms with Gasteiger partial charge in [0.15, 0.2) is 0 Å².